The Hall–Kier alpha value is -3.25. The van der Waals surface area contributed by atoms with Gasteiger partial charge in [0, 0.05) is 17.5 Å². The average molecular weight is 599 g/mol. The highest BCUT2D eigenvalue weighted by molar-refractivity contribution is 7.90. The quantitative estimate of drug-likeness (QED) is 0.192. The van der Waals surface area contributed by atoms with Crippen molar-refractivity contribution in [3.05, 3.63) is 59.2 Å². The fourth-order valence-corrected chi connectivity index (χ4v) is 5.52. The Morgan fingerprint density at radius 2 is 1.65 bits per heavy atom. The molecule has 2 aromatic carbocycles. The van der Waals surface area contributed by atoms with E-state index < -0.39 is 59.4 Å². The number of anilines is 1. The summed E-state index contributed by atoms with van der Waals surface area (Å²) in [7, 11) is -6.05. The topological polar surface area (TPSA) is 143 Å². The normalized spacial score (nSPS) is 14.2. The van der Waals surface area contributed by atoms with Gasteiger partial charge in [-0.1, -0.05) is 20.8 Å². The Balaban J connectivity index is 2.50. The summed E-state index contributed by atoms with van der Waals surface area (Å²) in [5, 5.41) is 11.8. The molecule has 3 N–H and O–H groups in total. The van der Waals surface area contributed by atoms with Gasteiger partial charge < -0.3 is 9.74 Å². The summed E-state index contributed by atoms with van der Waals surface area (Å²) in [4.78, 5) is 26.5. The van der Waals surface area contributed by atoms with Gasteiger partial charge >= 0.3 is 6.18 Å². The molecule has 0 aliphatic rings. The number of rotatable bonds is 8. The van der Waals surface area contributed by atoms with E-state index >= 15 is 0 Å². The van der Waals surface area contributed by atoms with Gasteiger partial charge in [0.05, 0.1) is 28.2 Å². The second-order valence-corrected chi connectivity index (χ2v) is 17.7. The van der Waals surface area contributed by atoms with E-state index in [2.05, 4.69) is 5.32 Å². The Bertz CT molecular complexity index is 1420. The fourth-order valence-electron chi connectivity index (χ4n) is 3.47. The first-order valence-corrected chi connectivity index (χ1v) is 16.9. The van der Waals surface area contributed by atoms with Crippen molar-refractivity contribution in [2.75, 3.05) is 11.6 Å². The molecule has 0 aliphatic heterocycles. The first-order valence-electron chi connectivity index (χ1n) is 12.1. The van der Waals surface area contributed by atoms with E-state index in [4.69, 9.17) is 15.5 Å². The van der Waals surface area contributed by atoms with Crippen molar-refractivity contribution in [3.8, 4) is 6.07 Å². The number of carbonyl (C=O) groups excluding carboxylic acids is 2. The second kappa shape index (κ2) is 11.7. The number of hydrogen-bond acceptors (Lipinski definition) is 8. The number of benzene rings is 2. The van der Waals surface area contributed by atoms with Crippen LogP contribution in [0.4, 0.5) is 18.9 Å². The lowest BCUT2D eigenvalue weighted by Gasteiger charge is -2.40. The largest absolute Gasteiger partial charge is 0.417 e. The van der Waals surface area contributed by atoms with Gasteiger partial charge in [0.15, 0.2) is 18.2 Å². The lowest BCUT2D eigenvalue weighted by molar-refractivity contribution is -0.137. The zero-order valence-corrected chi connectivity index (χ0v) is 25.1. The summed E-state index contributed by atoms with van der Waals surface area (Å²) >= 11 is 0. The lowest BCUT2D eigenvalue weighted by Crippen LogP contribution is -2.56. The summed E-state index contributed by atoms with van der Waals surface area (Å²) in [5.41, 5.74) is -2.03. The van der Waals surface area contributed by atoms with Crippen LogP contribution in [0.3, 0.4) is 0 Å². The van der Waals surface area contributed by atoms with Gasteiger partial charge in [0.2, 0.25) is 0 Å². The molecule has 0 fully saturated rings. The van der Waals surface area contributed by atoms with Gasteiger partial charge in [-0.15, -0.1) is 0 Å². The van der Waals surface area contributed by atoms with Crippen molar-refractivity contribution in [2.24, 2.45) is 5.84 Å². The predicted molar refractivity (Wildman–Crippen MR) is 146 cm³/mol. The number of alkyl halides is 3. The number of hydrogen-bond donors (Lipinski definition) is 2. The SMILES string of the molecule is CC(O[Si](C)(C)C(C)(C)C)C(Nc1ccc(C#N)c(C(F)(F)F)c1)C(=O)N(N)C(=O)c1ccc(S(C)(=O)=O)cc1. The molecule has 40 heavy (non-hydrogen) atoms. The Kier molecular flexibility index (Phi) is 9.64. The highest BCUT2D eigenvalue weighted by atomic mass is 32.2. The molecule has 2 rings (SSSR count). The first-order chi connectivity index (χ1) is 18.1. The second-order valence-electron chi connectivity index (χ2n) is 10.9. The van der Waals surface area contributed by atoms with E-state index in [0.29, 0.717) is 11.1 Å². The van der Waals surface area contributed by atoms with Crippen LogP contribution in [0.2, 0.25) is 18.1 Å². The predicted octanol–water partition coefficient (Wildman–Crippen LogP) is 4.71. The number of nitrogens with one attached hydrogen (secondary N) is 1. The standard InChI is InChI=1S/C26H33F3N4O5SSi/c1-16(38-40(6,7)25(2,3)4)22(32-19-11-8-18(15-30)21(14-19)26(27,28)29)24(35)33(31)23(34)17-9-12-20(13-10-17)39(5,36)37/h8-14,16,22,32H,31H2,1-7H3. The highest BCUT2D eigenvalue weighted by Crippen LogP contribution is 2.38. The van der Waals surface area contributed by atoms with Crippen LogP contribution < -0.4 is 11.2 Å². The third-order valence-corrected chi connectivity index (χ3v) is 12.5. The van der Waals surface area contributed by atoms with E-state index in [1.807, 2.05) is 33.9 Å². The van der Waals surface area contributed by atoms with Gasteiger partial charge in [0.1, 0.15) is 6.04 Å². The van der Waals surface area contributed by atoms with Crippen LogP contribution in [0.1, 0.15) is 49.2 Å². The number of hydrazine groups is 1. The maximum absolute atomic E-state index is 13.6. The molecule has 0 aliphatic carbocycles. The lowest BCUT2D eigenvalue weighted by atomic mass is 10.1. The van der Waals surface area contributed by atoms with Crippen molar-refractivity contribution >= 4 is 35.7 Å². The third kappa shape index (κ3) is 7.69. The number of nitrogens with zero attached hydrogens (tertiary/aromatic N) is 2. The first kappa shape index (κ1) is 33.0. The van der Waals surface area contributed by atoms with E-state index in [9.17, 15) is 31.2 Å². The number of halogens is 3. The van der Waals surface area contributed by atoms with Crippen LogP contribution in [0.25, 0.3) is 0 Å². The minimum Gasteiger partial charge on any atom is -0.412 e. The van der Waals surface area contributed by atoms with Gasteiger partial charge in [-0.2, -0.15) is 18.4 Å². The molecule has 218 valence electrons. The fraction of sp³-hybridized carbons (Fsp3) is 0.423. The summed E-state index contributed by atoms with van der Waals surface area (Å²) in [6, 6.07) is 7.73. The molecule has 0 saturated carbocycles. The van der Waals surface area contributed by atoms with Gasteiger partial charge in [-0.3, -0.25) is 9.59 Å². The number of nitriles is 1. The number of carbonyl (C=O) groups is 2. The molecule has 0 saturated heterocycles. The minimum atomic E-state index is -4.83. The Morgan fingerprint density at radius 1 is 1.10 bits per heavy atom. The van der Waals surface area contributed by atoms with Crippen LogP contribution >= 0.6 is 0 Å². The number of nitrogens with two attached hydrogens (primary N) is 1. The minimum absolute atomic E-state index is 0.0452. The zero-order chi connectivity index (χ0) is 30.8. The van der Waals surface area contributed by atoms with Crippen LogP contribution in [0.15, 0.2) is 47.4 Å². The molecule has 14 heteroatoms. The average Bonchev–Trinajstić information content (AvgIpc) is 2.83. The van der Waals surface area contributed by atoms with E-state index in [0.717, 1.165) is 12.3 Å². The summed E-state index contributed by atoms with van der Waals surface area (Å²) in [5.74, 6) is 3.95. The van der Waals surface area contributed by atoms with Gasteiger partial charge in [-0.05, 0) is 67.5 Å². The van der Waals surface area contributed by atoms with Crippen LogP contribution in [-0.4, -0.2) is 52.0 Å². The highest BCUT2D eigenvalue weighted by Gasteiger charge is 2.42. The van der Waals surface area contributed by atoms with Crippen LogP contribution in [0.5, 0.6) is 0 Å². The van der Waals surface area contributed by atoms with Crippen LogP contribution in [0, 0.1) is 11.3 Å². The molecule has 0 radical (unpaired) electrons. The molecule has 2 amide bonds. The van der Waals surface area contributed by atoms with Crippen LogP contribution in [-0.2, 0) is 25.2 Å². The van der Waals surface area contributed by atoms with Gasteiger partial charge in [-0.25, -0.2) is 19.3 Å². The van der Waals surface area contributed by atoms with E-state index in [-0.39, 0.29) is 21.2 Å². The molecule has 2 aromatic rings. The smallest absolute Gasteiger partial charge is 0.412 e. The van der Waals surface area contributed by atoms with Crippen molar-refractivity contribution in [1.29, 1.82) is 5.26 Å². The maximum Gasteiger partial charge on any atom is 0.417 e. The maximum atomic E-state index is 13.6. The molecule has 0 heterocycles. The number of imide groups is 1. The molecule has 0 bridgehead atoms. The summed E-state index contributed by atoms with van der Waals surface area (Å²) < 4.78 is 70.5. The van der Waals surface area contributed by atoms with Crippen molar-refractivity contribution in [1.82, 2.24) is 5.01 Å². The molecule has 9 nitrogen and oxygen atoms in total. The van der Waals surface area contributed by atoms with Crippen molar-refractivity contribution < 1.29 is 35.6 Å². The number of amides is 2. The van der Waals surface area contributed by atoms with Crippen molar-refractivity contribution in [3.63, 3.8) is 0 Å². The third-order valence-electron chi connectivity index (χ3n) is 6.78. The van der Waals surface area contributed by atoms with E-state index in [1.165, 1.54) is 36.4 Å². The zero-order valence-electron chi connectivity index (χ0n) is 23.3. The monoisotopic (exact) mass is 598 g/mol. The van der Waals surface area contributed by atoms with Gasteiger partial charge in [0.25, 0.3) is 11.8 Å². The van der Waals surface area contributed by atoms with E-state index in [1.54, 1.807) is 6.92 Å². The molecule has 0 spiro atoms. The Labute approximate surface area is 233 Å². The molecule has 2 unspecified atom stereocenters. The molecular weight excluding hydrogens is 565 g/mol. The molecule has 2 atom stereocenters. The summed E-state index contributed by atoms with van der Waals surface area (Å²) in [6.07, 6.45) is -4.79. The molecular formula is C26H33F3N4O5SSi. The number of sulfone groups is 1. The van der Waals surface area contributed by atoms with Crippen molar-refractivity contribution in [2.45, 2.75) is 69.0 Å². The molecule has 0 aromatic heterocycles. The Morgan fingerprint density at radius 3 is 2.10 bits per heavy atom. The summed E-state index contributed by atoms with van der Waals surface area (Å²) in [6.45, 7) is 11.3.